The number of hydrogen-bond acceptors (Lipinski definition) is 3. The first-order valence-corrected chi connectivity index (χ1v) is 7.13. The second-order valence-corrected chi connectivity index (χ2v) is 4.90. The van der Waals surface area contributed by atoms with Crippen LogP contribution in [0.2, 0.25) is 0 Å². The molecular formula is C17H22O3. The van der Waals surface area contributed by atoms with E-state index in [1.54, 1.807) is 0 Å². The minimum atomic E-state index is -0.460. The van der Waals surface area contributed by atoms with Gasteiger partial charge >= 0.3 is 0 Å². The maximum Gasteiger partial charge on any atom is 0.0960 e. The highest BCUT2D eigenvalue weighted by Crippen LogP contribution is 2.15. The summed E-state index contributed by atoms with van der Waals surface area (Å²) >= 11 is 0. The summed E-state index contributed by atoms with van der Waals surface area (Å²) in [5.74, 6) is 1.04. The maximum absolute atomic E-state index is 9.79. The number of allylic oxidation sites excluding steroid dienone is 3. The van der Waals surface area contributed by atoms with Gasteiger partial charge in [0.25, 0.3) is 0 Å². The molecule has 20 heavy (non-hydrogen) atoms. The summed E-state index contributed by atoms with van der Waals surface area (Å²) in [6.45, 7) is 1.72. The van der Waals surface area contributed by atoms with E-state index in [1.165, 1.54) is 0 Å². The second kappa shape index (κ2) is 8.56. The van der Waals surface area contributed by atoms with Crippen LogP contribution in [0, 0.1) is 0 Å². The molecule has 1 saturated heterocycles. The van der Waals surface area contributed by atoms with E-state index in [0.29, 0.717) is 19.6 Å². The Morgan fingerprint density at radius 3 is 2.90 bits per heavy atom. The third-order valence-electron chi connectivity index (χ3n) is 3.10. The van der Waals surface area contributed by atoms with Gasteiger partial charge in [-0.1, -0.05) is 42.5 Å². The highest BCUT2D eigenvalue weighted by molar-refractivity contribution is 5.13. The molecular weight excluding hydrogens is 252 g/mol. The molecule has 1 heterocycles. The van der Waals surface area contributed by atoms with E-state index in [1.807, 2.05) is 48.6 Å². The molecule has 2 rings (SSSR count). The van der Waals surface area contributed by atoms with Crippen LogP contribution in [0.5, 0.6) is 0 Å². The molecule has 0 radical (unpaired) electrons. The van der Waals surface area contributed by atoms with E-state index >= 15 is 0 Å². The smallest absolute Gasteiger partial charge is 0.0960 e. The van der Waals surface area contributed by atoms with Crippen molar-refractivity contribution in [3.05, 3.63) is 59.9 Å². The Morgan fingerprint density at radius 2 is 2.15 bits per heavy atom. The van der Waals surface area contributed by atoms with Crippen LogP contribution in [-0.4, -0.2) is 24.4 Å². The van der Waals surface area contributed by atoms with Gasteiger partial charge in [-0.05, 0) is 24.5 Å². The third-order valence-corrected chi connectivity index (χ3v) is 3.10. The molecule has 0 amide bonds. The zero-order valence-electron chi connectivity index (χ0n) is 11.7. The van der Waals surface area contributed by atoms with Crippen molar-refractivity contribution < 1.29 is 14.6 Å². The molecule has 1 aliphatic rings. The molecule has 1 N–H and O–H groups in total. The minimum Gasteiger partial charge on any atom is -0.498 e. The van der Waals surface area contributed by atoms with Crippen LogP contribution < -0.4 is 0 Å². The molecule has 0 saturated carbocycles. The summed E-state index contributed by atoms with van der Waals surface area (Å²) in [5, 5.41) is 9.79. The first kappa shape index (κ1) is 14.8. The van der Waals surface area contributed by atoms with Crippen molar-refractivity contribution in [2.45, 2.75) is 32.0 Å². The van der Waals surface area contributed by atoms with Gasteiger partial charge in [0, 0.05) is 6.42 Å². The Hall–Kier alpha value is -1.58. The first-order valence-electron chi connectivity index (χ1n) is 7.13. The molecule has 0 aliphatic carbocycles. The number of ether oxygens (including phenoxy) is 2. The van der Waals surface area contributed by atoms with Crippen molar-refractivity contribution in [1.82, 2.24) is 0 Å². The van der Waals surface area contributed by atoms with Crippen molar-refractivity contribution in [3.63, 3.8) is 0 Å². The number of aliphatic hydroxyl groups is 1. The number of rotatable bonds is 7. The Morgan fingerprint density at radius 1 is 1.30 bits per heavy atom. The van der Waals surface area contributed by atoms with Gasteiger partial charge in [0.1, 0.15) is 0 Å². The van der Waals surface area contributed by atoms with Crippen LogP contribution in [0.1, 0.15) is 24.8 Å². The second-order valence-electron chi connectivity index (χ2n) is 4.90. The lowest BCUT2D eigenvalue weighted by molar-refractivity contribution is 0.0301. The predicted octanol–water partition coefficient (Wildman–Crippen LogP) is 3.20. The van der Waals surface area contributed by atoms with Crippen LogP contribution in [0.3, 0.4) is 0 Å². The molecule has 1 fully saturated rings. The van der Waals surface area contributed by atoms with E-state index in [9.17, 15) is 5.11 Å². The molecule has 3 nitrogen and oxygen atoms in total. The van der Waals surface area contributed by atoms with Crippen molar-refractivity contribution in [2.75, 3.05) is 13.2 Å². The fourth-order valence-electron chi connectivity index (χ4n) is 2.02. The average Bonchev–Trinajstić information content (AvgIpc) is 2.98. The topological polar surface area (TPSA) is 38.7 Å². The summed E-state index contributed by atoms with van der Waals surface area (Å²) in [6.07, 6.45) is 8.14. The summed E-state index contributed by atoms with van der Waals surface area (Å²) in [5.41, 5.74) is 1.12. The van der Waals surface area contributed by atoms with E-state index in [2.05, 4.69) is 0 Å². The lowest BCUT2D eigenvalue weighted by Gasteiger charge is -2.09. The van der Waals surface area contributed by atoms with Gasteiger partial charge in [-0.2, -0.15) is 0 Å². The van der Waals surface area contributed by atoms with E-state index in [0.717, 1.165) is 30.8 Å². The van der Waals surface area contributed by atoms with Gasteiger partial charge in [0.15, 0.2) is 0 Å². The number of aliphatic hydroxyl groups excluding tert-OH is 1. The first-order chi connectivity index (χ1) is 9.84. The van der Waals surface area contributed by atoms with Crippen molar-refractivity contribution in [1.29, 1.82) is 0 Å². The molecule has 1 aromatic rings. The molecule has 3 heteroatoms. The zero-order valence-corrected chi connectivity index (χ0v) is 11.7. The average molecular weight is 274 g/mol. The summed E-state index contributed by atoms with van der Waals surface area (Å²) < 4.78 is 10.9. The molecule has 0 bridgehead atoms. The molecule has 0 aromatic heterocycles. The minimum absolute atomic E-state index is 0.353. The van der Waals surface area contributed by atoms with Crippen LogP contribution >= 0.6 is 0 Å². The number of hydrogen-bond donors (Lipinski definition) is 1. The van der Waals surface area contributed by atoms with Crippen LogP contribution in [0.4, 0.5) is 0 Å². The largest absolute Gasteiger partial charge is 0.498 e. The lowest BCUT2D eigenvalue weighted by Crippen LogP contribution is -2.14. The van der Waals surface area contributed by atoms with Crippen LogP contribution in [0.15, 0.2) is 54.3 Å². The molecule has 1 atom stereocenters. The van der Waals surface area contributed by atoms with Crippen molar-refractivity contribution >= 4 is 0 Å². The fraction of sp³-hybridized carbons (Fsp3) is 0.412. The van der Waals surface area contributed by atoms with E-state index in [-0.39, 0.29) is 0 Å². The van der Waals surface area contributed by atoms with Gasteiger partial charge in [-0.25, -0.2) is 0 Å². The van der Waals surface area contributed by atoms with E-state index in [4.69, 9.17) is 9.47 Å². The molecule has 0 spiro atoms. The Kier molecular flexibility index (Phi) is 6.35. The molecule has 1 aromatic carbocycles. The van der Waals surface area contributed by atoms with Gasteiger partial charge in [-0.15, -0.1) is 0 Å². The molecule has 1 aliphatic heterocycles. The van der Waals surface area contributed by atoms with Gasteiger partial charge in [-0.3, -0.25) is 0 Å². The SMILES string of the molecule is OC(C/C=C\C=C1\CCCO1)COCc1ccccc1. The Balaban J connectivity index is 1.59. The predicted molar refractivity (Wildman–Crippen MR) is 79.1 cm³/mol. The van der Waals surface area contributed by atoms with Crippen molar-refractivity contribution in [3.8, 4) is 0 Å². The number of benzene rings is 1. The monoisotopic (exact) mass is 274 g/mol. The quantitative estimate of drug-likeness (QED) is 0.830. The molecule has 1 unspecified atom stereocenters. The molecule has 108 valence electrons. The maximum atomic E-state index is 9.79. The summed E-state index contributed by atoms with van der Waals surface area (Å²) in [7, 11) is 0. The highest BCUT2D eigenvalue weighted by atomic mass is 16.5. The third kappa shape index (κ3) is 5.59. The summed E-state index contributed by atoms with van der Waals surface area (Å²) in [6, 6.07) is 9.97. The highest BCUT2D eigenvalue weighted by Gasteiger charge is 2.05. The van der Waals surface area contributed by atoms with Crippen LogP contribution in [-0.2, 0) is 16.1 Å². The standard InChI is InChI=1S/C17H22O3/c18-16(9-4-5-10-17-11-6-12-20-17)14-19-13-15-7-2-1-3-8-15/h1-5,7-8,10,16,18H,6,9,11-14H2/b5-4-,17-10-. The van der Waals surface area contributed by atoms with Gasteiger partial charge in [0.05, 0.1) is 31.7 Å². The summed E-state index contributed by atoms with van der Waals surface area (Å²) in [4.78, 5) is 0. The van der Waals surface area contributed by atoms with Gasteiger partial charge in [0.2, 0.25) is 0 Å². The lowest BCUT2D eigenvalue weighted by atomic mass is 10.2. The Bertz CT molecular complexity index is 429. The fourth-order valence-corrected chi connectivity index (χ4v) is 2.02. The Labute approximate surface area is 120 Å². The normalized spacial score (nSPS) is 18.6. The van der Waals surface area contributed by atoms with Gasteiger partial charge < -0.3 is 14.6 Å². The van der Waals surface area contributed by atoms with Crippen LogP contribution in [0.25, 0.3) is 0 Å². The van der Waals surface area contributed by atoms with E-state index < -0.39 is 6.10 Å². The van der Waals surface area contributed by atoms with Crippen molar-refractivity contribution in [2.24, 2.45) is 0 Å². The zero-order chi connectivity index (χ0) is 14.0.